The molecule has 1 aromatic carbocycles. The van der Waals surface area contributed by atoms with Gasteiger partial charge in [-0.15, -0.1) is 0 Å². The highest BCUT2D eigenvalue weighted by molar-refractivity contribution is 6.30. The molecule has 1 saturated heterocycles. The third-order valence-electron chi connectivity index (χ3n) is 5.13. The van der Waals surface area contributed by atoms with Crippen LogP contribution in [0.5, 0.6) is 0 Å². The molecule has 1 aliphatic heterocycles. The molecule has 0 radical (unpaired) electrons. The Labute approximate surface area is 162 Å². The van der Waals surface area contributed by atoms with Crippen molar-refractivity contribution in [2.24, 2.45) is 0 Å². The van der Waals surface area contributed by atoms with Gasteiger partial charge in [-0.2, -0.15) is 5.10 Å². The molecule has 0 bridgehead atoms. The molecule has 0 spiro atoms. The van der Waals surface area contributed by atoms with Crippen molar-refractivity contribution in [1.82, 2.24) is 19.5 Å². The fourth-order valence-electron chi connectivity index (χ4n) is 3.66. The molecule has 6 nitrogen and oxygen atoms in total. The van der Waals surface area contributed by atoms with E-state index in [1.807, 2.05) is 43.1 Å². The van der Waals surface area contributed by atoms with Gasteiger partial charge in [0.2, 0.25) is 0 Å². The molecule has 1 unspecified atom stereocenters. The van der Waals surface area contributed by atoms with E-state index in [1.165, 1.54) is 0 Å². The lowest BCUT2D eigenvalue weighted by Gasteiger charge is -2.35. The molecule has 3 heterocycles. The zero-order chi connectivity index (χ0) is 19.1. The van der Waals surface area contributed by atoms with Crippen LogP contribution in [0.15, 0.2) is 30.5 Å². The Kier molecular flexibility index (Phi) is 4.52. The van der Waals surface area contributed by atoms with Crippen LogP contribution in [-0.4, -0.2) is 31.9 Å². The molecular weight excluding hydrogens is 362 g/mol. The summed E-state index contributed by atoms with van der Waals surface area (Å²) in [6.07, 6.45) is 4.76. The summed E-state index contributed by atoms with van der Waals surface area (Å²) in [5.41, 5.74) is 10.6. The van der Waals surface area contributed by atoms with Gasteiger partial charge < -0.3 is 10.6 Å². The summed E-state index contributed by atoms with van der Waals surface area (Å²) in [6, 6.07) is 7.39. The van der Waals surface area contributed by atoms with E-state index >= 15 is 0 Å². The SMILES string of the molecule is Cc1ccc(N)c(C(=O)N2CCCCC2c2cc3nc(Cl)c(C)cn3n2)c1. The van der Waals surface area contributed by atoms with E-state index in [0.29, 0.717) is 28.6 Å². The van der Waals surface area contributed by atoms with Gasteiger partial charge in [-0.05, 0) is 45.2 Å². The average molecular weight is 384 g/mol. The smallest absolute Gasteiger partial charge is 0.256 e. The third kappa shape index (κ3) is 3.25. The molecule has 27 heavy (non-hydrogen) atoms. The maximum absolute atomic E-state index is 13.3. The molecule has 0 aliphatic carbocycles. The second-order valence-electron chi connectivity index (χ2n) is 7.19. The van der Waals surface area contributed by atoms with Crippen molar-refractivity contribution in [3.8, 4) is 0 Å². The summed E-state index contributed by atoms with van der Waals surface area (Å²) in [6.45, 7) is 4.55. The molecule has 3 aromatic rings. The van der Waals surface area contributed by atoms with E-state index in [2.05, 4.69) is 10.1 Å². The summed E-state index contributed by atoms with van der Waals surface area (Å²) in [7, 11) is 0. The number of anilines is 1. The van der Waals surface area contributed by atoms with Gasteiger partial charge in [0.05, 0.1) is 17.3 Å². The monoisotopic (exact) mass is 383 g/mol. The van der Waals surface area contributed by atoms with E-state index in [-0.39, 0.29) is 11.9 Å². The number of carbonyl (C=O) groups excluding carboxylic acids is 1. The minimum atomic E-state index is -0.0908. The van der Waals surface area contributed by atoms with E-state index in [0.717, 1.165) is 36.1 Å². The van der Waals surface area contributed by atoms with Crippen molar-refractivity contribution < 1.29 is 4.79 Å². The van der Waals surface area contributed by atoms with Crippen molar-refractivity contribution >= 4 is 28.8 Å². The number of aromatic nitrogens is 3. The van der Waals surface area contributed by atoms with Crippen LogP contribution in [0, 0.1) is 13.8 Å². The Balaban J connectivity index is 1.72. The zero-order valence-corrected chi connectivity index (χ0v) is 16.2. The van der Waals surface area contributed by atoms with Crippen LogP contribution in [-0.2, 0) is 0 Å². The van der Waals surface area contributed by atoms with Crippen LogP contribution >= 0.6 is 11.6 Å². The van der Waals surface area contributed by atoms with Gasteiger partial charge in [0.1, 0.15) is 5.15 Å². The largest absolute Gasteiger partial charge is 0.398 e. The van der Waals surface area contributed by atoms with Crippen LogP contribution in [0.2, 0.25) is 5.15 Å². The highest BCUT2D eigenvalue weighted by Crippen LogP contribution is 2.33. The molecule has 1 fully saturated rings. The number of carbonyl (C=O) groups is 1. The first-order valence-electron chi connectivity index (χ1n) is 9.13. The third-order valence-corrected chi connectivity index (χ3v) is 5.52. The number of hydrogen-bond donors (Lipinski definition) is 1. The molecule has 4 rings (SSSR count). The van der Waals surface area contributed by atoms with Gasteiger partial charge >= 0.3 is 0 Å². The number of benzene rings is 1. The molecule has 1 aliphatic rings. The van der Waals surface area contributed by atoms with Crippen molar-refractivity contribution in [2.45, 2.75) is 39.2 Å². The molecule has 140 valence electrons. The first-order valence-corrected chi connectivity index (χ1v) is 9.51. The highest BCUT2D eigenvalue weighted by Gasteiger charge is 2.31. The highest BCUT2D eigenvalue weighted by atomic mass is 35.5. The van der Waals surface area contributed by atoms with Gasteiger partial charge in [0.25, 0.3) is 5.91 Å². The van der Waals surface area contributed by atoms with Gasteiger partial charge in [0, 0.05) is 30.1 Å². The first-order chi connectivity index (χ1) is 12.9. The number of fused-ring (bicyclic) bond motifs is 1. The summed E-state index contributed by atoms with van der Waals surface area (Å²) in [4.78, 5) is 19.5. The Hall–Kier alpha value is -2.60. The Bertz CT molecular complexity index is 990. The van der Waals surface area contributed by atoms with Crippen molar-refractivity contribution in [2.75, 3.05) is 12.3 Å². The van der Waals surface area contributed by atoms with E-state index in [4.69, 9.17) is 17.3 Å². The molecular formula is C20H22ClN5O. The quantitative estimate of drug-likeness (QED) is 0.537. The summed E-state index contributed by atoms with van der Waals surface area (Å²) >= 11 is 6.14. The normalized spacial score (nSPS) is 17.4. The molecule has 1 amide bonds. The van der Waals surface area contributed by atoms with Crippen LogP contribution in [0.4, 0.5) is 5.69 Å². The minimum absolute atomic E-state index is 0.0415. The first kappa shape index (κ1) is 17.8. The van der Waals surface area contributed by atoms with Crippen LogP contribution in [0.25, 0.3) is 5.65 Å². The van der Waals surface area contributed by atoms with Crippen molar-refractivity contribution in [3.63, 3.8) is 0 Å². The molecule has 2 N–H and O–H groups in total. The fraction of sp³-hybridized carbons (Fsp3) is 0.350. The van der Waals surface area contributed by atoms with Crippen molar-refractivity contribution in [3.05, 3.63) is 58.0 Å². The second-order valence-corrected chi connectivity index (χ2v) is 7.55. The zero-order valence-electron chi connectivity index (χ0n) is 15.4. The van der Waals surface area contributed by atoms with Crippen LogP contribution in [0.1, 0.15) is 52.5 Å². The number of rotatable bonds is 2. The van der Waals surface area contributed by atoms with Crippen LogP contribution < -0.4 is 5.73 Å². The topological polar surface area (TPSA) is 76.5 Å². The number of nitrogen functional groups attached to an aromatic ring is 1. The van der Waals surface area contributed by atoms with E-state index in [9.17, 15) is 4.79 Å². The molecule has 0 saturated carbocycles. The minimum Gasteiger partial charge on any atom is -0.398 e. The van der Waals surface area contributed by atoms with Gasteiger partial charge in [-0.1, -0.05) is 23.2 Å². The Morgan fingerprint density at radius 3 is 2.89 bits per heavy atom. The maximum atomic E-state index is 13.3. The fourth-order valence-corrected chi connectivity index (χ4v) is 3.80. The molecule has 7 heteroatoms. The van der Waals surface area contributed by atoms with E-state index in [1.54, 1.807) is 10.6 Å². The predicted octanol–water partition coefficient (Wildman–Crippen LogP) is 3.95. The molecule has 2 aromatic heterocycles. The predicted molar refractivity (Wildman–Crippen MR) is 106 cm³/mol. The lowest BCUT2D eigenvalue weighted by molar-refractivity contribution is 0.0606. The maximum Gasteiger partial charge on any atom is 0.256 e. The summed E-state index contributed by atoms with van der Waals surface area (Å²) in [5, 5.41) is 5.15. The number of hydrogen-bond acceptors (Lipinski definition) is 4. The summed E-state index contributed by atoms with van der Waals surface area (Å²) in [5.74, 6) is -0.0415. The Morgan fingerprint density at radius 1 is 1.26 bits per heavy atom. The Morgan fingerprint density at radius 2 is 2.07 bits per heavy atom. The van der Waals surface area contributed by atoms with E-state index < -0.39 is 0 Å². The van der Waals surface area contributed by atoms with Gasteiger partial charge in [0.15, 0.2) is 5.65 Å². The molecule has 1 atom stereocenters. The van der Waals surface area contributed by atoms with Gasteiger partial charge in [-0.25, -0.2) is 9.50 Å². The number of nitrogens with two attached hydrogens (primary N) is 1. The number of aryl methyl sites for hydroxylation is 2. The van der Waals surface area contributed by atoms with Gasteiger partial charge in [-0.3, -0.25) is 4.79 Å². The number of piperidine rings is 1. The summed E-state index contributed by atoms with van der Waals surface area (Å²) < 4.78 is 1.73. The van der Waals surface area contributed by atoms with Crippen LogP contribution in [0.3, 0.4) is 0 Å². The number of likely N-dealkylation sites (tertiary alicyclic amines) is 1. The standard InChI is InChI=1S/C20H22ClN5O/c1-12-6-7-15(22)14(9-12)20(27)25-8-4-3-5-17(25)16-10-18-23-19(21)13(2)11-26(18)24-16/h6-7,9-11,17H,3-5,8,22H2,1-2H3. The second kappa shape index (κ2) is 6.85. The lowest BCUT2D eigenvalue weighted by Crippen LogP contribution is -2.39. The number of halogens is 1. The lowest BCUT2D eigenvalue weighted by atomic mass is 9.97. The number of amides is 1. The number of nitrogens with zero attached hydrogens (tertiary/aromatic N) is 4. The average Bonchev–Trinajstić information content (AvgIpc) is 3.06. The van der Waals surface area contributed by atoms with Crippen molar-refractivity contribution in [1.29, 1.82) is 0 Å².